The van der Waals surface area contributed by atoms with E-state index in [1.807, 2.05) is 24.3 Å². The lowest BCUT2D eigenvalue weighted by Crippen LogP contribution is -2.37. The number of benzene rings is 1. The van der Waals surface area contributed by atoms with Crippen molar-refractivity contribution in [1.82, 2.24) is 0 Å². The highest BCUT2D eigenvalue weighted by molar-refractivity contribution is 5.29. The van der Waals surface area contributed by atoms with E-state index in [-0.39, 0.29) is 5.41 Å². The molecule has 2 heteroatoms. The minimum Gasteiger partial charge on any atom is -0.323 e. The Hall–Kier alpha value is -0.890. The maximum Gasteiger partial charge on any atom is 0.142 e. The molecule has 0 aromatic heterocycles. The molecular weight excluding hydrogens is 201 g/mol. The van der Waals surface area contributed by atoms with Crippen molar-refractivity contribution in [1.29, 1.82) is 0 Å². The van der Waals surface area contributed by atoms with Crippen molar-refractivity contribution in [3.05, 3.63) is 35.4 Å². The molecular formula is C14H22FN. The molecule has 0 saturated heterocycles. The monoisotopic (exact) mass is 223 g/mol. The molecule has 0 spiro atoms. The average molecular weight is 223 g/mol. The number of halogens is 1. The third kappa shape index (κ3) is 3.05. The fourth-order valence-corrected chi connectivity index (χ4v) is 1.58. The normalized spacial score (nSPS) is 14.9. The van der Waals surface area contributed by atoms with Gasteiger partial charge in [-0.1, -0.05) is 45.0 Å². The predicted molar refractivity (Wildman–Crippen MR) is 67.3 cm³/mol. The largest absolute Gasteiger partial charge is 0.323 e. The van der Waals surface area contributed by atoms with Crippen LogP contribution in [-0.4, -0.2) is 5.54 Å². The molecule has 0 radical (unpaired) electrons. The molecule has 0 aliphatic heterocycles. The van der Waals surface area contributed by atoms with Gasteiger partial charge in [-0.2, -0.15) is 0 Å². The SMILES string of the molecule is CC(C)(C)c1ccc(C(F)C(C)(C)N)cc1. The Labute approximate surface area is 97.9 Å². The van der Waals surface area contributed by atoms with E-state index < -0.39 is 11.7 Å². The van der Waals surface area contributed by atoms with E-state index in [0.29, 0.717) is 5.56 Å². The van der Waals surface area contributed by atoms with Crippen LogP contribution < -0.4 is 5.73 Å². The van der Waals surface area contributed by atoms with Crippen LogP contribution in [0.2, 0.25) is 0 Å². The smallest absolute Gasteiger partial charge is 0.142 e. The maximum atomic E-state index is 13.9. The molecule has 90 valence electrons. The van der Waals surface area contributed by atoms with Crippen LogP contribution in [0, 0.1) is 0 Å². The summed E-state index contributed by atoms with van der Waals surface area (Å²) in [6.07, 6.45) is -1.12. The highest BCUT2D eigenvalue weighted by atomic mass is 19.1. The lowest BCUT2D eigenvalue weighted by Gasteiger charge is -2.25. The fraction of sp³-hybridized carbons (Fsp3) is 0.571. The van der Waals surface area contributed by atoms with E-state index >= 15 is 0 Å². The van der Waals surface area contributed by atoms with E-state index in [2.05, 4.69) is 20.8 Å². The van der Waals surface area contributed by atoms with Gasteiger partial charge in [0.1, 0.15) is 6.17 Å². The second-order valence-electron chi connectivity index (χ2n) is 6.06. The highest BCUT2D eigenvalue weighted by Gasteiger charge is 2.26. The summed E-state index contributed by atoms with van der Waals surface area (Å²) < 4.78 is 13.9. The van der Waals surface area contributed by atoms with Crippen molar-refractivity contribution < 1.29 is 4.39 Å². The fourth-order valence-electron chi connectivity index (χ4n) is 1.58. The summed E-state index contributed by atoms with van der Waals surface area (Å²) in [7, 11) is 0. The number of hydrogen-bond donors (Lipinski definition) is 1. The Kier molecular flexibility index (Phi) is 3.44. The van der Waals surface area contributed by atoms with Crippen molar-refractivity contribution in [2.45, 2.75) is 51.7 Å². The molecule has 1 aromatic rings. The van der Waals surface area contributed by atoms with Gasteiger partial charge in [-0.3, -0.25) is 0 Å². The third-order valence-electron chi connectivity index (χ3n) is 2.72. The molecule has 0 heterocycles. The molecule has 16 heavy (non-hydrogen) atoms. The first-order chi connectivity index (χ1) is 7.12. The van der Waals surface area contributed by atoms with Crippen LogP contribution >= 0.6 is 0 Å². The zero-order valence-corrected chi connectivity index (χ0v) is 10.8. The highest BCUT2D eigenvalue weighted by Crippen LogP contribution is 2.29. The minimum atomic E-state index is -1.12. The number of nitrogens with two attached hydrogens (primary N) is 1. The Balaban J connectivity index is 2.96. The van der Waals surface area contributed by atoms with Crippen LogP contribution in [0.3, 0.4) is 0 Å². The van der Waals surface area contributed by atoms with Gasteiger partial charge >= 0.3 is 0 Å². The van der Waals surface area contributed by atoms with Gasteiger partial charge in [-0.05, 0) is 30.4 Å². The van der Waals surface area contributed by atoms with Crippen molar-refractivity contribution in [2.24, 2.45) is 5.73 Å². The van der Waals surface area contributed by atoms with Gasteiger partial charge in [0.05, 0.1) is 0 Å². The lowest BCUT2D eigenvalue weighted by molar-refractivity contribution is 0.223. The summed E-state index contributed by atoms with van der Waals surface area (Å²) in [5.74, 6) is 0. The van der Waals surface area contributed by atoms with E-state index in [1.54, 1.807) is 13.8 Å². The molecule has 1 aromatic carbocycles. The molecule has 0 bridgehead atoms. The summed E-state index contributed by atoms with van der Waals surface area (Å²) in [6.45, 7) is 9.83. The van der Waals surface area contributed by atoms with Crippen LogP contribution in [0.5, 0.6) is 0 Å². The molecule has 2 N–H and O–H groups in total. The lowest BCUT2D eigenvalue weighted by atomic mass is 9.85. The second kappa shape index (κ2) is 4.17. The van der Waals surface area contributed by atoms with Crippen LogP contribution in [0.15, 0.2) is 24.3 Å². The molecule has 1 unspecified atom stereocenters. The standard InChI is InChI=1S/C14H22FN/c1-13(2,3)11-8-6-10(7-9-11)12(15)14(4,5)16/h6-9,12H,16H2,1-5H3. The zero-order chi connectivity index (χ0) is 12.6. The van der Waals surface area contributed by atoms with Crippen molar-refractivity contribution >= 4 is 0 Å². The summed E-state index contributed by atoms with van der Waals surface area (Å²) in [5.41, 5.74) is 6.89. The number of alkyl halides is 1. The quantitative estimate of drug-likeness (QED) is 0.812. The number of hydrogen-bond acceptors (Lipinski definition) is 1. The molecule has 1 rings (SSSR count). The molecule has 0 fully saturated rings. The van der Waals surface area contributed by atoms with Crippen LogP contribution in [0.1, 0.15) is 51.9 Å². The van der Waals surface area contributed by atoms with Crippen molar-refractivity contribution in [2.75, 3.05) is 0 Å². The summed E-state index contributed by atoms with van der Waals surface area (Å²) >= 11 is 0. The van der Waals surface area contributed by atoms with E-state index in [1.165, 1.54) is 5.56 Å². The topological polar surface area (TPSA) is 26.0 Å². The van der Waals surface area contributed by atoms with Gasteiger partial charge < -0.3 is 5.73 Å². The van der Waals surface area contributed by atoms with Gasteiger partial charge in [0.15, 0.2) is 0 Å². The molecule has 0 saturated carbocycles. The maximum absolute atomic E-state index is 13.9. The van der Waals surface area contributed by atoms with Gasteiger partial charge in [0.25, 0.3) is 0 Å². The van der Waals surface area contributed by atoms with Crippen LogP contribution in [-0.2, 0) is 5.41 Å². The number of rotatable bonds is 2. The Bertz CT molecular complexity index is 340. The Morgan fingerprint density at radius 3 is 1.75 bits per heavy atom. The van der Waals surface area contributed by atoms with Gasteiger partial charge in [-0.25, -0.2) is 4.39 Å². The summed E-state index contributed by atoms with van der Waals surface area (Å²) in [4.78, 5) is 0. The van der Waals surface area contributed by atoms with Crippen LogP contribution in [0.25, 0.3) is 0 Å². The van der Waals surface area contributed by atoms with Crippen molar-refractivity contribution in [3.63, 3.8) is 0 Å². The third-order valence-corrected chi connectivity index (χ3v) is 2.72. The average Bonchev–Trinajstić information content (AvgIpc) is 2.14. The van der Waals surface area contributed by atoms with Crippen molar-refractivity contribution in [3.8, 4) is 0 Å². The first-order valence-corrected chi connectivity index (χ1v) is 5.66. The predicted octanol–water partition coefficient (Wildman–Crippen LogP) is 3.73. The first-order valence-electron chi connectivity index (χ1n) is 5.66. The summed E-state index contributed by atoms with van der Waals surface area (Å²) in [5, 5.41) is 0. The Morgan fingerprint density at radius 1 is 1.00 bits per heavy atom. The molecule has 0 aliphatic carbocycles. The zero-order valence-electron chi connectivity index (χ0n) is 10.8. The first kappa shape index (κ1) is 13.2. The molecule has 0 amide bonds. The molecule has 0 aliphatic rings. The molecule has 1 atom stereocenters. The van der Waals surface area contributed by atoms with Crippen LogP contribution in [0.4, 0.5) is 4.39 Å². The molecule has 1 nitrogen and oxygen atoms in total. The van der Waals surface area contributed by atoms with E-state index in [9.17, 15) is 4.39 Å². The van der Waals surface area contributed by atoms with Gasteiger partial charge in [-0.15, -0.1) is 0 Å². The second-order valence-corrected chi connectivity index (χ2v) is 6.06. The summed E-state index contributed by atoms with van der Waals surface area (Å²) in [6, 6.07) is 7.63. The van der Waals surface area contributed by atoms with Gasteiger partial charge in [0, 0.05) is 5.54 Å². The van der Waals surface area contributed by atoms with E-state index in [0.717, 1.165) is 0 Å². The Morgan fingerprint density at radius 2 is 1.44 bits per heavy atom. The minimum absolute atomic E-state index is 0.0998. The van der Waals surface area contributed by atoms with E-state index in [4.69, 9.17) is 5.73 Å². The van der Waals surface area contributed by atoms with Gasteiger partial charge in [0.2, 0.25) is 0 Å².